The van der Waals surface area contributed by atoms with Gasteiger partial charge >= 0.3 is 0 Å². The molecule has 2 aromatic rings. The molecule has 2 rings (SSSR count). The number of hydrogen-bond acceptors (Lipinski definition) is 2. The summed E-state index contributed by atoms with van der Waals surface area (Å²) in [4.78, 5) is 4.36. The Kier molecular flexibility index (Phi) is 3.21. The largest absolute Gasteiger partial charge is 0.492 e. The van der Waals surface area contributed by atoms with Crippen molar-refractivity contribution in [2.75, 3.05) is 6.61 Å². The number of rotatable bonds is 3. The van der Waals surface area contributed by atoms with E-state index >= 15 is 0 Å². The molecule has 0 unspecified atom stereocenters. The first kappa shape index (κ1) is 10.4. The predicted molar refractivity (Wildman–Crippen MR) is 65.2 cm³/mol. The Hall–Kier alpha value is -1.09. The zero-order valence-electron chi connectivity index (χ0n) is 8.53. The maximum absolute atomic E-state index is 5.53. The van der Waals surface area contributed by atoms with Gasteiger partial charge in [-0.2, -0.15) is 0 Å². The fourth-order valence-electron chi connectivity index (χ4n) is 1.40. The summed E-state index contributed by atoms with van der Waals surface area (Å²) in [6, 6.07) is 8.04. The monoisotopic (exact) mass is 265 g/mol. The van der Waals surface area contributed by atoms with Gasteiger partial charge in [0, 0.05) is 9.86 Å². The molecule has 0 atom stereocenters. The van der Waals surface area contributed by atoms with Gasteiger partial charge in [-0.15, -0.1) is 0 Å². The highest BCUT2D eigenvalue weighted by molar-refractivity contribution is 9.10. The van der Waals surface area contributed by atoms with Gasteiger partial charge in [0.05, 0.1) is 18.3 Å². The third-order valence-corrected chi connectivity index (χ3v) is 2.75. The number of para-hydroxylation sites is 1. The lowest BCUT2D eigenvalue weighted by molar-refractivity contribution is 0.317. The standard InChI is InChI=1S/C12H12BrNO/c1-2-6-15-10-7-9-4-3-5-11(13)12(9)14-8-10/h3-5,7-8H,2,6H2,1H3. The van der Waals surface area contributed by atoms with E-state index in [1.807, 2.05) is 24.3 Å². The molecule has 0 N–H and O–H groups in total. The van der Waals surface area contributed by atoms with Crippen molar-refractivity contribution >= 4 is 26.8 Å². The highest BCUT2D eigenvalue weighted by atomic mass is 79.9. The molecule has 0 radical (unpaired) electrons. The van der Waals surface area contributed by atoms with Crippen LogP contribution in [0.4, 0.5) is 0 Å². The molecule has 1 heterocycles. The number of benzene rings is 1. The first-order valence-corrected chi connectivity index (χ1v) is 5.77. The van der Waals surface area contributed by atoms with Crippen molar-refractivity contribution in [1.82, 2.24) is 4.98 Å². The molecular formula is C12H12BrNO. The Morgan fingerprint density at radius 3 is 3.07 bits per heavy atom. The fraction of sp³-hybridized carbons (Fsp3) is 0.250. The van der Waals surface area contributed by atoms with Gasteiger partial charge in [-0.3, -0.25) is 4.98 Å². The SMILES string of the molecule is CCCOc1cnc2c(Br)cccc2c1. The Morgan fingerprint density at radius 1 is 1.40 bits per heavy atom. The molecule has 0 amide bonds. The molecule has 0 aliphatic rings. The lowest BCUT2D eigenvalue weighted by Gasteiger charge is -2.05. The maximum atomic E-state index is 5.53. The minimum absolute atomic E-state index is 0.737. The summed E-state index contributed by atoms with van der Waals surface area (Å²) in [5.41, 5.74) is 0.973. The fourth-order valence-corrected chi connectivity index (χ4v) is 1.89. The minimum atomic E-state index is 0.737. The van der Waals surface area contributed by atoms with Gasteiger partial charge in [0.2, 0.25) is 0 Å². The van der Waals surface area contributed by atoms with Crippen LogP contribution in [0, 0.1) is 0 Å². The van der Waals surface area contributed by atoms with Crippen LogP contribution in [-0.4, -0.2) is 11.6 Å². The number of aromatic nitrogens is 1. The van der Waals surface area contributed by atoms with Crippen molar-refractivity contribution in [3.05, 3.63) is 34.9 Å². The lowest BCUT2D eigenvalue weighted by atomic mass is 10.2. The van der Waals surface area contributed by atoms with Gasteiger partial charge in [0.1, 0.15) is 5.75 Å². The summed E-state index contributed by atoms with van der Waals surface area (Å²) in [6.45, 7) is 2.83. The van der Waals surface area contributed by atoms with Crippen molar-refractivity contribution in [2.45, 2.75) is 13.3 Å². The van der Waals surface area contributed by atoms with E-state index in [4.69, 9.17) is 4.74 Å². The number of pyridine rings is 1. The first-order valence-electron chi connectivity index (χ1n) is 4.98. The zero-order chi connectivity index (χ0) is 10.7. The number of hydrogen-bond donors (Lipinski definition) is 0. The molecule has 0 fully saturated rings. The Balaban J connectivity index is 2.39. The molecule has 0 spiro atoms. The third-order valence-electron chi connectivity index (χ3n) is 2.11. The van der Waals surface area contributed by atoms with Gasteiger partial charge in [-0.05, 0) is 34.5 Å². The van der Waals surface area contributed by atoms with Gasteiger partial charge in [0.15, 0.2) is 0 Å². The average Bonchev–Trinajstić information content (AvgIpc) is 2.26. The highest BCUT2D eigenvalue weighted by Gasteiger charge is 2.01. The second-order valence-electron chi connectivity index (χ2n) is 3.33. The molecule has 0 aliphatic carbocycles. The van der Waals surface area contributed by atoms with E-state index < -0.39 is 0 Å². The van der Waals surface area contributed by atoms with Crippen LogP contribution >= 0.6 is 15.9 Å². The maximum Gasteiger partial charge on any atom is 0.138 e. The van der Waals surface area contributed by atoms with E-state index in [9.17, 15) is 0 Å². The van der Waals surface area contributed by atoms with Crippen molar-refractivity contribution in [3.8, 4) is 5.75 Å². The van der Waals surface area contributed by atoms with Gasteiger partial charge in [0.25, 0.3) is 0 Å². The topological polar surface area (TPSA) is 22.1 Å². The van der Waals surface area contributed by atoms with Crippen LogP contribution in [0.25, 0.3) is 10.9 Å². The molecule has 78 valence electrons. The quantitative estimate of drug-likeness (QED) is 0.843. The summed E-state index contributed by atoms with van der Waals surface area (Å²) in [5.74, 6) is 0.836. The summed E-state index contributed by atoms with van der Waals surface area (Å²) in [5, 5.41) is 1.10. The Labute approximate surface area is 97.4 Å². The van der Waals surface area contributed by atoms with E-state index in [1.54, 1.807) is 6.20 Å². The van der Waals surface area contributed by atoms with E-state index in [1.165, 1.54) is 0 Å². The molecule has 0 aliphatic heterocycles. The van der Waals surface area contributed by atoms with E-state index in [2.05, 4.69) is 27.8 Å². The molecule has 0 saturated carbocycles. The van der Waals surface area contributed by atoms with E-state index in [0.717, 1.165) is 34.2 Å². The van der Waals surface area contributed by atoms with Gasteiger partial charge in [-0.1, -0.05) is 19.1 Å². The summed E-state index contributed by atoms with van der Waals surface area (Å²) >= 11 is 3.47. The second kappa shape index (κ2) is 4.62. The molecular weight excluding hydrogens is 254 g/mol. The van der Waals surface area contributed by atoms with Gasteiger partial charge in [-0.25, -0.2) is 0 Å². The van der Waals surface area contributed by atoms with E-state index in [0.29, 0.717) is 0 Å². The summed E-state index contributed by atoms with van der Waals surface area (Å²) in [6.07, 6.45) is 2.78. The van der Waals surface area contributed by atoms with Crippen LogP contribution < -0.4 is 4.74 Å². The molecule has 3 heteroatoms. The zero-order valence-corrected chi connectivity index (χ0v) is 10.1. The van der Waals surface area contributed by atoms with Crippen LogP contribution in [0.15, 0.2) is 34.9 Å². The van der Waals surface area contributed by atoms with E-state index in [-0.39, 0.29) is 0 Å². The number of fused-ring (bicyclic) bond motifs is 1. The molecule has 15 heavy (non-hydrogen) atoms. The Bertz CT molecular complexity index is 470. The molecule has 2 nitrogen and oxygen atoms in total. The molecule has 0 saturated heterocycles. The summed E-state index contributed by atoms with van der Waals surface area (Å²) < 4.78 is 6.54. The van der Waals surface area contributed by atoms with Gasteiger partial charge < -0.3 is 4.74 Å². The van der Waals surface area contributed by atoms with Crippen molar-refractivity contribution < 1.29 is 4.74 Å². The second-order valence-corrected chi connectivity index (χ2v) is 4.19. The molecule has 1 aromatic carbocycles. The average molecular weight is 266 g/mol. The normalized spacial score (nSPS) is 10.5. The number of ether oxygens (including phenoxy) is 1. The van der Waals surface area contributed by atoms with Crippen LogP contribution in [0.1, 0.15) is 13.3 Å². The van der Waals surface area contributed by atoms with Crippen molar-refractivity contribution in [2.24, 2.45) is 0 Å². The first-order chi connectivity index (χ1) is 7.31. The van der Waals surface area contributed by atoms with Crippen LogP contribution in [-0.2, 0) is 0 Å². The lowest BCUT2D eigenvalue weighted by Crippen LogP contribution is -1.95. The minimum Gasteiger partial charge on any atom is -0.492 e. The van der Waals surface area contributed by atoms with Crippen LogP contribution in [0.2, 0.25) is 0 Å². The third kappa shape index (κ3) is 2.29. The van der Waals surface area contributed by atoms with Crippen molar-refractivity contribution in [1.29, 1.82) is 0 Å². The van der Waals surface area contributed by atoms with Crippen LogP contribution in [0.5, 0.6) is 5.75 Å². The number of halogens is 1. The summed E-state index contributed by atoms with van der Waals surface area (Å²) in [7, 11) is 0. The number of nitrogens with zero attached hydrogens (tertiary/aromatic N) is 1. The smallest absolute Gasteiger partial charge is 0.138 e. The predicted octanol–water partition coefficient (Wildman–Crippen LogP) is 3.79. The molecule has 1 aromatic heterocycles. The van der Waals surface area contributed by atoms with Crippen LogP contribution in [0.3, 0.4) is 0 Å². The highest BCUT2D eigenvalue weighted by Crippen LogP contribution is 2.24. The van der Waals surface area contributed by atoms with Crippen molar-refractivity contribution in [3.63, 3.8) is 0 Å². The Morgan fingerprint density at radius 2 is 2.27 bits per heavy atom. The molecule has 0 bridgehead atoms.